The third-order valence-electron chi connectivity index (χ3n) is 4.55. The molecule has 0 spiro atoms. The van der Waals surface area contributed by atoms with Crippen molar-refractivity contribution in [1.82, 2.24) is 10.2 Å². The molecular formula is C20H25ClN2O2S. The maximum absolute atomic E-state index is 11.4. The molecule has 1 saturated heterocycles. The van der Waals surface area contributed by atoms with Gasteiger partial charge in [-0.1, -0.05) is 23.7 Å². The molecule has 0 amide bonds. The SMILES string of the molecule is CS(=O)c1ccc(OC[C@H]2CN(CCc3cccc(Cl)c3)CCN2)cc1. The molecule has 1 aliphatic heterocycles. The fraction of sp³-hybridized carbons (Fsp3) is 0.400. The van der Waals surface area contributed by atoms with Crippen molar-refractivity contribution in [3.8, 4) is 5.75 Å². The lowest BCUT2D eigenvalue weighted by Crippen LogP contribution is -2.53. The lowest BCUT2D eigenvalue weighted by molar-refractivity contribution is 0.159. The van der Waals surface area contributed by atoms with Crippen molar-refractivity contribution in [2.75, 3.05) is 39.0 Å². The molecule has 0 radical (unpaired) electrons. The molecule has 2 aromatic carbocycles. The van der Waals surface area contributed by atoms with Crippen LogP contribution in [0.25, 0.3) is 0 Å². The molecular weight excluding hydrogens is 368 g/mol. The van der Waals surface area contributed by atoms with E-state index < -0.39 is 10.8 Å². The topological polar surface area (TPSA) is 41.6 Å². The number of halogens is 1. The average Bonchev–Trinajstić information content (AvgIpc) is 2.65. The van der Waals surface area contributed by atoms with Gasteiger partial charge in [-0.2, -0.15) is 0 Å². The predicted octanol–water partition coefficient (Wildman–Crippen LogP) is 2.97. The van der Waals surface area contributed by atoms with E-state index in [9.17, 15) is 4.21 Å². The largest absolute Gasteiger partial charge is 0.492 e. The minimum atomic E-state index is -0.953. The molecule has 0 aliphatic carbocycles. The summed E-state index contributed by atoms with van der Waals surface area (Å²) < 4.78 is 17.3. The molecule has 1 fully saturated rings. The summed E-state index contributed by atoms with van der Waals surface area (Å²) in [4.78, 5) is 3.29. The van der Waals surface area contributed by atoms with Gasteiger partial charge in [0.05, 0.1) is 6.04 Å². The summed E-state index contributed by atoms with van der Waals surface area (Å²) in [7, 11) is -0.953. The van der Waals surface area contributed by atoms with Gasteiger partial charge in [0.15, 0.2) is 0 Å². The maximum atomic E-state index is 11.4. The van der Waals surface area contributed by atoms with Gasteiger partial charge < -0.3 is 15.0 Å². The van der Waals surface area contributed by atoms with Gasteiger partial charge in [0.1, 0.15) is 12.4 Å². The van der Waals surface area contributed by atoms with E-state index in [0.717, 1.165) is 48.3 Å². The van der Waals surface area contributed by atoms with Crippen LogP contribution in [0.5, 0.6) is 5.75 Å². The number of piperazine rings is 1. The maximum Gasteiger partial charge on any atom is 0.119 e. The summed E-state index contributed by atoms with van der Waals surface area (Å²) >= 11 is 6.06. The molecule has 4 nitrogen and oxygen atoms in total. The van der Waals surface area contributed by atoms with Gasteiger partial charge in [-0.25, -0.2) is 0 Å². The van der Waals surface area contributed by atoms with Crippen LogP contribution in [0.3, 0.4) is 0 Å². The molecule has 0 bridgehead atoms. The van der Waals surface area contributed by atoms with E-state index in [0.29, 0.717) is 12.6 Å². The summed E-state index contributed by atoms with van der Waals surface area (Å²) in [6, 6.07) is 15.9. The van der Waals surface area contributed by atoms with Crippen LogP contribution in [0.2, 0.25) is 5.02 Å². The highest BCUT2D eigenvalue weighted by Gasteiger charge is 2.19. The zero-order chi connectivity index (χ0) is 18.4. The Labute approximate surface area is 163 Å². The second-order valence-corrected chi connectivity index (χ2v) is 8.38. The third kappa shape index (κ3) is 5.81. The van der Waals surface area contributed by atoms with Gasteiger partial charge in [-0.3, -0.25) is 4.21 Å². The predicted molar refractivity (Wildman–Crippen MR) is 108 cm³/mol. The smallest absolute Gasteiger partial charge is 0.119 e. The Morgan fingerprint density at radius 1 is 1.27 bits per heavy atom. The minimum absolute atomic E-state index is 0.308. The Balaban J connectivity index is 1.45. The van der Waals surface area contributed by atoms with Crippen LogP contribution >= 0.6 is 11.6 Å². The first kappa shape index (κ1) is 19.4. The highest BCUT2D eigenvalue weighted by Crippen LogP contribution is 2.15. The summed E-state index contributed by atoms with van der Waals surface area (Å²) in [6.45, 7) is 4.64. The monoisotopic (exact) mass is 392 g/mol. The van der Waals surface area contributed by atoms with Crippen molar-refractivity contribution in [3.05, 3.63) is 59.1 Å². The first-order chi connectivity index (χ1) is 12.6. The normalized spacial score (nSPS) is 19.2. The summed E-state index contributed by atoms with van der Waals surface area (Å²) in [5.74, 6) is 0.817. The van der Waals surface area contributed by atoms with Gasteiger partial charge in [0, 0.05) is 53.2 Å². The first-order valence-corrected chi connectivity index (χ1v) is 10.8. The van der Waals surface area contributed by atoms with Crippen LogP contribution in [-0.4, -0.2) is 54.2 Å². The van der Waals surface area contributed by atoms with Crippen LogP contribution < -0.4 is 10.1 Å². The van der Waals surface area contributed by atoms with Crippen molar-refractivity contribution in [2.45, 2.75) is 17.4 Å². The van der Waals surface area contributed by atoms with Crippen LogP contribution in [0.15, 0.2) is 53.4 Å². The van der Waals surface area contributed by atoms with E-state index in [-0.39, 0.29) is 0 Å². The van der Waals surface area contributed by atoms with Gasteiger partial charge >= 0.3 is 0 Å². The van der Waals surface area contributed by atoms with E-state index in [2.05, 4.69) is 16.3 Å². The Morgan fingerprint density at radius 3 is 2.81 bits per heavy atom. The van der Waals surface area contributed by atoms with Crippen molar-refractivity contribution in [2.24, 2.45) is 0 Å². The van der Waals surface area contributed by atoms with Gasteiger partial charge in [0.25, 0.3) is 0 Å². The second kappa shape index (κ2) is 9.51. The number of benzene rings is 2. The van der Waals surface area contributed by atoms with E-state index in [1.54, 1.807) is 6.26 Å². The molecule has 2 aromatic rings. The molecule has 6 heteroatoms. The molecule has 1 N–H and O–H groups in total. The molecule has 1 heterocycles. The molecule has 1 unspecified atom stereocenters. The Kier molecular flexibility index (Phi) is 7.08. The summed E-state index contributed by atoms with van der Waals surface area (Å²) in [5, 5.41) is 4.32. The van der Waals surface area contributed by atoms with Crippen molar-refractivity contribution in [3.63, 3.8) is 0 Å². The first-order valence-electron chi connectivity index (χ1n) is 8.86. The van der Waals surface area contributed by atoms with Crippen molar-refractivity contribution >= 4 is 22.4 Å². The van der Waals surface area contributed by atoms with Crippen molar-refractivity contribution in [1.29, 1.82) is 0 Å². The van der Waals surface area contributed by atoms with Crippen LogP contribution in [0.4, 0.5) is 0 Å². The minimum Gasteiger partial charge on any atom is -0.492 e. The average molecular weight is 393 g/mol. The Morgan fingerprint density at radius 2 is 2.08 bits per heavy atom. The lowest BCUT2D eigenvalue weighted by atomic mass is 10.1. The van der Waals surface area contributed by atoms with Gasteiger partial charge in [0.2, 0.25) is 0 Å². The number of nitrogens with one attached hydrogen (secondary N) is 1. The molecule has 26 heavy (non-hydrogen) atoms. The number of nitrogens with zero attached hydrogens (tertiary/aromatic N) is 1. The van der Waals surface area contributed by atoms with Gasteiger partial charge in [-0.05, 0) is 48.4 Å². The number of hydrogen-bond donors (Lipinski definition) is 1. The van der Waals surface area contributed by atoms with E-state index in [1.165, 1.54) is 5.56 Å². The molecule has 3 rings (SSSR count). The lowest BCUT2D eigenvalue weighted by Gasteiger charge is -2.33. The number of rotatable bonds is 7. The van der Waals surface area contributed by atoms with Crippen LogP contribution in [-0.2, 0) is 17.2 Å². The van der Waals surface area contributed by atoms with E-state index in [1.807, 2.05) is 42.5 Å². The highest BCUT2D eigenvalue weighted by molar-refractivity contribution is 7.84. The second-order valence-electron chi connectivity index (χ2n) is 6.57. The molecule has 0 saturated carbocycles. The van der Waals surface area contributed by atoms with E-state index in [4.69, 9.17) is 16.3 Å². The molecule has 2 atom stereocenters. The number of ether oxygens (including phenoxy) is 1. The van der Waals surface area contributed by atoms with Crippen LogP contribution in [0.1, 0.15) is 5.56 Å². The quantitative estimate of drug-likeness (QED) is 0.786. The summed E-state index contributed by atoms with van der Waals surface area (Å²) in [5.41, 5.74) is 1.28. The molecule has 140 valence electrons. The zero-order valence-corrected chi connectivity index (χ0v) is 16.6. The van der Waals surface area contributed by atoms with Crippen molar-refractivity contribution < 1.29 is 8.95 Å². The Hall–Kier alpha value is -1.40. The zero-order valence-electron chi connectivity index (χ0n) is 15.0. The highest BCUT2D eigenvalue weighted by atomic mass is 35.5. The fourth-order valence-electron chi connectivity index (χ4n) is 3.11. The standard InChI is InChI=1S/C20H25ClN2O2S/c1-26(24)20-7-5-19(6-8-20)25-15-18-14-23(12-10-22-18)11-9-16-3-2-4-17(21)13-16/h2-8,13,18,22H,9-12,14-15H2,1H3/t18-,26?/m1/s1. The fourth-order valence-corrected chi connectivity index (χ4v) is 3.85. The number of hydrogen-bond acceptors (Lipinski definition) is 4. The molecule has 1 aliphatic rings. The van der Waals surface area contributed by atoms with Gasteiger partial charge in [-0.15, -0.1) is 0 Å². The molecule has 0 aromatic heterocycles. The van der Waals surface area contributed by atoms with E-state index >= 15 is 0 Å². The summed E-state index contributed by atoms with van der Waals surface area (Å²) in [6.07, 6.45) is 2.68. The Bertz CT molecular complexity index is 739. The van der Waals surface area contributed by atoms with Crippen LogP contribution in [0, 0.1) is 0 Å². The third-order valence-corrected chi connectivity index (χ3v) is 5.72.